The Bertz CT molecular complexity index is 1070. The number of amides is 1. The minimum Gasteiger partial charge on any atom is -0.378 e. The van der Waals surface area contributed by atoms with Gasteiger partial charge in [-0.05, 0) is 36.4 Å². The lowest BCUT2D eigenvalue weighted by molar-refractivity contribution is -0.132. The van der Waals surface area contributed by atoms with Crippen LogP contribution in [0.1, 0.15) is 0 Å². The first kappa shape index (κ1) is 20.2. The molecular formula is C23H26ClN5O2. The number of halogens is 1. The maximum absolute atomic E-state index is 13.0. The first-order valence-corrected chi connectivity index (χ1v) is 11.1. The van der Waals surface area contributed by atoms with Gasteiger partial charge in [0.1, 0.15) is 18.0 Å². The number of piperazine rings is 1. The summed E-state index contributed by atoms with van der Waals surface area (Å²) >= 11 is 6.12. The maximum atomic E-state index is 13.0. The Morgan fingerprint density at radius 1 is 0.968 bits per heavy atom. The number of ether oxygens (including phenoxy) is 1. The minimum atomic E-state index is 0.127. The van der Waals surface area contributed by atoms with Crippen LogP contribution in [-0.4, -0.2) is 72.8 Å². The number of aromatic nitrogens is 2. The van der Waals surface area contributed by atoms with E-state index in [0.29, 0.717) is 19.6 Å². The summed E-state index contributed by atoms with van der Waals surface area (Å²) in [6, 6.07) is 14.0. The van der Waals surface area contributed by atoms with Crippen molar-refractivity contribution in [3.05, 3.63) is 53.7 Å². The van der Waals surface area contributed by atoms with Crippen LogP contribution in [0.25, 0.3) is 11.0 Å². The summed E-state index contributed by atoms with van der Waals surface area (Å²) in [7, 11) is 0. The number of hydrogen-bond acceptors (Lipinski definition) is 5. The van der Waals surface area contributed by atoms with E-state index < -0.39 is 0 Å². The van der Waals surface area contributed by atoms with Crippen molar-refractivity contribution < 1.29 is 9.53 Å². The molecule has 7 nitrogen and oxygen atoms in total. The summed E-state index contributed by atoms with van der Waals surface area (Å²) in [5.41, 5.74) is 1.96. The second kappa shape index (κ2) is 8.77. The van der Waals surface area contributed by atoms with Crippen molar-refractivity contribution in [2.75, 3.05) is 62.3 Å². The molecule has 2 saturated heterocycles. The molecule has 1 amide bonds. The monoisotopic (exact) mass is 439 g/mol. The fourth-order valence-corrected chi connectivity index (χ4v) is 4.46. The van der Waals surface area contributed by atoms with E-state index in [1.54, 1.807) is 0 Å². The van der Waals surface area contributed by atoms with Crippen molar-refractivity contribution in [1.82, 2.24) is 14.5 Å². The lowest BCUT2D eigenvalue weighted by Crippen LogP contribution is -2.49. The standard InChI is InChI=1S/C23H26ClN5O2/c24-19-2-1-3-20(16-19)26-8-10-28(11-9-26)22(30)17-29-7-6-18-4-5-21(25-23(18)29)27-12-14-31-15-13-27/h1-7,16H,8-15,17H2. The van der Waals surface area contributed by atoms with Crippen molar-refractivity contribution in [3.8, 4) is 0 Å². The molecule has 0 spiro atoms. The van der Waals surface area contributed by atoms with Crippen LogP contribution >= 0.6 is 11.6 Å². The molecule has 0 bridgehead atoms. The molecule has 31 heavy (non-hydrogen) atoms. The Labute approximate surface area is 186 Å². The highest BCUT2D eigenvalue weighted by molar-refractivity contribution is 6.30. The zero-order valence-electron chi connectivity index (χ0n) is 17.4. The molecule has 0 N–H and O–H groups in total. The van der Waals surface area contributed by atoms with E-state index in [4.69, 9.17) is 21.3 Å². The van der Waals surface area contributed by atoms with Gasteiger partial charge in [0, 0.05) is 61.6 Å². The van der Waals surface area contributed by atoms with Crippen molar-refractivity contribution >= 4 is 40.0 Å². The van der Waals surface area contributed by atoms with Gasteiger partial charge in [0.05, 0.1) is 13.2 Å². The normalized spacial score (nSPS) is 17.4. The summed E-state index contributed by atoms with van der Waals surface area (Å²) in [5, 5.41) is 1.79. The van der Waals surface area contributed by atoms with Gasteiger partial charge in [-0.1, -0.05) is 17.7 Å². The number of fused-ring (bicyclic) bond motifs is 1. The third-order valence-corrected chi connectivity index (χ3v) is 6.28. The van der Waals surface area contributed by atoms with Gasteiger partial charge < -0.3 is 24.0 Å². The van der Waals surface area contributed by atoms with E-state index in [-0.39, 0.29) is 5.91 Å². The Balaban J connectivity index is 1.25. The lowest BCUT2D eigenvalue weighted by Gasteiger charge is -2.36. The molecule has 2 fully saturated rings. The smallest absolute Gasteiger partial charge is 0.242 e. The van der Waals surface area contributed by atoms with Gasteiger partial charge in [-0.2, -0.15) is 0 Å². The maximum Gasteiger partial charge on any atom is 0.242 e. The lowest BCUT2D eigenvalue weighted by atomic mass is 10.2. The predicted octanol–water partition coefficient (Wildman–Crippen LogP) is 2.88. The van der Waals surface area contributed by atoms with E-state index in [9.17, 15) is 4.79 Å². The second-order valence-electron chi connectivity index (χ2n) is 7.97. The zero-order valence-corrected chi connectivity index (χ0v) is 18.2. The van der Waals surface area contributed by atoms with Crippen LogP contribution in [0.2, 0.25) is 5.02 Å². The van der Waals surface area contributed by atoms with Crippen molar-refractivity contribution in [3.63, 3.8) is 0 Å². The van der Waals surface area contributed by atoms with Gasteiger partial charge >= 0.3 is 0 Å². The van der Waals surface area contributed by atoms with E-state index in [1.807, 2.05) is 39.9 Å². The third-order valence-electron chi connectivity index (χ3n) is 6.04. The number of carbonyl (C=O) groups excluding carboxylic acids is 1. The molecule has 0 radical (unpaired) electrons. The van der Waals surface area contributed by atoms with Crippen LogP contribution in [0.4, 0.5) is 11.5 Å². The number of pyridine rings is 1. The summed E-state index contributed by atoms with van der Waals surface area (Å²) < 4.78 is 7.41. The van der Waals surface area contributed by atoms with Gasteiger partial charge in [0.25, 0.3) is 0 Å². The first-order chi connectivity index (χ1) is 15.2. The first-order valence-electron chi connectivity index (χ1n) is 10.7. The molecular weight excluding hydrogens is 414 g/mol. The minimum absolute atomic E-state index is 0.127. The SMILES string of the molecule is O=C(Cn1ccc2ccc(N3CCOCC3)nc21)N1CCN(c2cccc(Cl)c2)CC1. The number of anilines is 2. The quantitative estimate of drug-likeness (QED) is 0.625. The number of hydrogen-bond donors (Lipinski definition) is 0. The van der Waals surface area contributed by atoms with E-state index in [0.717, 1.165) is 67.0 Å². The van der Waals surface area contributed by atoms with Crippen LogP contribution < -0.4 is 9.80 Å². The molecule has 0 atom stereocenters. The molecule has 0 aliphatic carbocycles. The number of morpholine rings is 1. The van der Waals surface area contributed by atoms with Crippen molar-refractivity contribution in [2.45, 2.75) is 6.54 Å². The molecule has 2 aromatic heterocycles. The summed E-state index contributed by atoms with van der Waals surface area (Å²) in [6.07, 6.45) is 1.96. The van der Waals surface area contributed by atoms with Crippen LogP contribution in [0.15, 0.2) is 48.7 Å². The van der Waals surface area contributed by atoms with Gasteiger partial charge in [-0.15, -0.1) is 0 Å². The zero-order chi connectivity index (χ0) is 21.2. The predicted molar refractivity (Wildman–Crippen MR) is 123 cm³/mol. The number of nitrogens with zero attached hydrogens (tertiary/aromatic N) is 5. The molecule has 2 aliphatic rings. The van der Waals surface area contributed by atoms with Gasteiger partial charge in [0.2, 0.25) is 5.91 Å². The van der Waals surface area contributed by atoms with E-state index in [1.165, 1.54) is 0 Å². The van der Waals surface area contributed by atoms with Gasteiger partial charge in [0.15, 0.2) is 0 Å². The second-order valence-corrected chi connectivity index (χ2v) is 8.41. The fourth-order valence-electron chi connectivity index (χ4n) is 4.28. The van der Waals surface area contributed by atoms with Crippen LogP contribution in [0, 0.1) is 0 Å². The molecule has 0 unspecified atom stereocenters. The Kier molecular flexibility index (Phi) is 5.70. The molecule has 162 valence electrons. The highest BCUT2D eigenvalue weighted by Gasteiger charge is 2.22. The fraction of sp³-hybridized carbons (Fsp3) is 0.391. The largest absolute Gasteiger partial charge is 0.378 e. The molecule has 1 aromatic carbocycles. The third kappa shape index (κ3) is 4.34. The average molecular weight is 440 g/mol. The van der Waals surface area contributed by atoms with Crippen molar-refractivity contribution in [2.24, 2.45) is 0 Å². The highest BCUT2D eigenvalue weighted by atomic mass is 35.5. The molecule has 2 aliphatic heterocycles. The molecule has 3 aromatic rings. The average Bonchev–Trinajstić information content (AvgIpc) is 3.21. The summed E-state index contributed by atoms with van der Waals surface area (Å²) in [4.78, 5) is 24.3. The Morgan fingerprint density at radius 2 is 1.77 bits per heavy atom. The van der Waals surface area contributed by atoms with Crippen LogP contribution in [0.5, 0.6) is 0 Å². The summed E-state index contributed by atoms with van der Waals surface area (Å²) in [5.74, 6) is 1.07. The van der Waals surface area contributed by atoms with E-state index in [2.05, 4.69) is 28.0 Å². The Morgan fingerprint density at radius 3 is 2.55 bits per heavy atom. The van der Waals surface area contributed by atoms with Crippen LogP contribution in [0.3, 0.4) is 0 Å². The molecule has 5 rings (SSSR count). The van der Waals surface area contributed by atoms with Gasteiger partial charge in [-0.3, -0.25) is 4.79 Å². The highest BCUT2D eigenvalue weighted by Crippen LogP contribution is 2.22. The number of benzene rings is 1. The van der Waals surface area contributed by atoms with Crippen LogP contribution in [-0.2, 0) is 16.1 Å². The van der Waals surface area contributed by atoms with Gasteiger partial charge in [-0.25, -0.2) is 4.98 Å². The summed E-state index contributed by atoms with van der Waals surface area (Å²) in [6.45, 7) is 6.45. The molecule has 0 saturated carbocycles. The topological polar surface area (TPSA) is 53.8 Å². The van der Waals surface area contributed by atoms with E-state index >= 15 is 0 Å². The number of rotatable bonds is 4. The number of carbonyl (C=O) groups is 1. The Hall–Kier alpha value is -2.77. The molecule has 4 heterocycles. The molecule has 8 heteroatoms. The van der Waals surface area contributed by atoms with Crippen molar-refractivity contribution in [1.29, 1.82) is 0 Å².